The summed E-state index contributed by atoms with van der Waals surface area (Å²) in [5, 5.41) is 4.57. The van der Waals surface area contributed by atoms with Gasteiger partial charge in [-0.05, 0) is 30.2 Å². The fourth-order valence-electron chi connectivity index (χ4n) is 6.48. The Morgan fingerprint density at radius 3 is 1.98 bits per heavy atom. The second-order valence-corrected chi connectivity index (χ2v) is 11.8. The van der Waals surface area contributed by atoms with E-state index in [9.17, 15) is 9.59 Å². The normalized spacial score (nSPS) is 17.5. The second-order valence-electron chi connectivity index (χ2n) is 11.8. The summed E-state index contributed by atoms with van der Waals surface area (Å²) in [6.45, 7) is 12.0. The van der Waals surface area contributed by atoms with Crippen LogP contribution in [0.4, 0.5) is 0 Å². The molecule has 2 saturated heterocycles. The Hall–Kier alpha value is -3.82. The van der Waals surface area contributed by atoms with Crippen molar-refractivity contribution in [2.45, 2.75) is 25.9 Å². The number of para-hydroxylation sites is 1. The molecule has 1 amide bonds. The molecule has 0 unspecified atom stereocenters. The molecule has 1 atom stereocenters. The number of fused-ring (bicyclic) bond motifs is 1. The molecule has 2 aliphatic heterocycles. The van der Waals surface area contributed by atoms with E-state index in [1.54, 1.807) is 4.57 Å². The first kappa shape index (κ1) is 30.2. The van der Waals surface area contributed by atoms with Gasteiger partial charge in [0.25, 0.3) is 11.5 Å². The van der Waals surface area contributed by atoms with Gasteiger partial charge in [-0.25, -0.2) is 0 Å². The first-order valence-electron chi connectivity index (χ1n) is 15.9. The highest BCUT2D eigenvalue weighted by atomic mass is 16.5. The predicted molar refractivity (Wildman–Crippen MR) is 175 cm³/mol. The molecule has 0 saturated carbocycles. The molecule has 3 aromatic carbocycles. The van der Waals surface area contributed by atoms with Gasteiger partial charge in [0.2, 0.25) is 0 Å². The Morgan fingerprint density at radius 2 is 1.32 bits per heavy atom. The number of carbonyl (C=O) groups excluding carboxylic acids is 1. The number of ether oxygens (including phenoxy) is 1. The summed E-state index contributed by atoms with van der Waals surface area (Å²) < 4.78 is 7.27. The van der Waals surface area contributed by atoms with E-state index in [4.69, 9.17) is 4.74 Å². The van der Waals surface area contributed by atoms with Gasteiger partial charge in [0.1, 0.15) is 0 Å². The highest BCUT2D eigenvalue weighted by molar-refractivity contribution is 6.08. The minimum atomic E-state index is -0.152. The third kappa shape index (κ3) is 6.79. The number of hydrogen-bond donors (Lipinski definition) is 1. The van der Waals surface area contributed by atoms with Crippen LogP contribution in [0.25, 0.3) is 16.5 Å². The Kier molecular flexibility index (Phi) is 9.83. The summed E-state index contributed by atoms with van der Waals surface area (Å²) in [5.74, 6) is -0.152. The molecule has 6 rings (SSSR count). The van der Waals surface area contributed by atoms with Crippen molar-refractivity contribution in [1.29, 1.82) is 0 Å². The number of morpholine rings is 1. The van der Waals surface area contributed by atoms with Gasteiger partial charge in [0, 0.05) is 75.4 Å². The van der Waals surface area contributed by atoms with Crippen LogP contribution in [0.1, 0.15) is 41.0 Å². The standard InChI is InChI=1S/C36H43N5O3/c1-2-32(28-11-5-3-6-12-28)37-35(42)34-30-15-9-10-16-31(30)36(43)41(29-13-7-4-8-14-29)33(34)27-40-21-19-38(20-22-40)17-18-39-23-25-44-26-24-39/h3-16,32H,2,17-27H2,1H3,(H,37,42)/t32-/m0/s1. The number of carbonyl (C=O) groups is 1. The Labute approximate surface area is 259 Å². The van der Waals surface area contributed by atoms with Crippen LogP contribution in [0.2, 0.25) is 0 Å². The molecular weight excluding hydrogens is 550 g/mol. The van der Waals surface area contributed by atoms with E-state index in [1.165, 1.54) is 0 Å². The molecule has 0 aliphatic carbocycles. The number of aromatic nitrogens is 1. The molecule has 2 aliphatic rings. The van der Waals surface area contributed by atoms with Crippen molar-refractivity contribution in [1.82, 2.24) is 24.6 Å². The molecule has 0 spiro atoms. The zero-order valence-electron chi connectivity index (χ0n) is 25.7. The van der Waals surface area contributed by atoms with Crippen molar-refractivity contribution in [2.24, 2.45) is 0 Å². The minimum Gasteiger partial charge on any atom is -0.379 e. The van der Waals surface area contributed by atoms with Crippen LogP contribution in [-0.2, 0) is 11.3 Å². The van der Waals surface area contributed by atoms with Gasteiger partial charge in [-0.2, -0.15) is 0 Å². The Balaban J connectivity index is 1.33. The predicted octanol–water partition coefficient (Wildman–Crippen LogP) is 4.32. The van der Waals surface area contributed by atoms with E-state index in [-0.39, 0.29) is 17.5 Å². The number of amides is 1. The van der Waals surface area contributed by atoms with Gasteiger partial charge in [-0.1, -0.05) is 73.7 Å². The van der Waals surface area contributed by atoms with Crippen molar-refractivity contribution >= 4 is 16.7 Å². The van der Waals surface area contributed by atoms with Crippen molar-refractivity contribution in [3.05, 3.63) is 112 Å². The molecule has 44 heavy (non-hydrogen) atoms. The van der Waals surface area contributed by atoms with Crippen LogP contribution in [0, 0.1) is 0 Å². The number of piperazine rings is 1. The van der Waals surface area contributed by atoms with Crippen molar-refractivity contribution < 1.29 is 9.53 Å². The number of pyridine rings is 1. The third-order valence-corrected chi connectivity index (χ3v) is 9.02. The fraction of sp³-hybridized carbons (Fsp3) is 0.389. The van der Waals surface area contributed by atoms with Crippen LogP contribution < -0.4 is 10.9 Å². The first-order chi connectivity index (χ1) is 21.6. The van der Waals surface area contributed by atoms with Crippen molar-refractivity contribution in [3.8, 4) is 5.69 Å². The van der Waals surface area contributed by atoms with E-state index in [2.05, 4.69) is 39.1 Å². The van der Waals surface area contributed by atoms with Crippen LogP contribution in [0.3, 0.4) is 0 Å². The monoisotopic (exact) mass is 593 g/mol. The quantitative estimate of drug-likeness (QED) is 0.296. The van der Waals surface area contributed by atoms with Gasteiger partial charge in [0.05, 0.1) is 30.5 Å². The lowest BCUT2D eigenvalue weighted by atomic mass is 9.99. The first-order valence-corrected chi connectivity index (χ1v) is 15.9. The van der Waals surface area contributed by atoms with Gasteiger partial charge >= 0.3 is 0 Å². The SMILES string of the molecule is CC[C@H](NC(=O)c1c(CN2CCN(CCN3CCOCC3)CC2)n(-c2ccccc2)c(=O)c2ccccc12)c1ccccc1. The lowest BCUT2D eigenvalue weighted by molar-refractivity contribution is 0.0296. The van der Waals surface area contributed by atoms with Gasteiger partial charge in [0.15, 0.2) is 0 Å². The third-order valence-electron chi connectivity index (χ3n) is 9.02. The largest absolute Gasteiger partial charge is 0.379 e. The van der Waals surface area contributed by atoms with E-state index in [0.717, 1.165) is 88.9 Å². The molecule has 8 nitrogen and oxygen atoms in total. The summed E-state index contributed by atoms with van der Waals surface area (Å²) in [5.41, 5.74) is 3.05. The molecule has 3 heterocycles. The zero-order chi connectivity index (χ0) is 30.3. The molecule has 1 aromatic heterocycles. The van der Waals surface area contributed by atoms with E-state index in [0.29, 0.717) is 22.9 Å². The number of nitrogens with one attached hydrogen (secondary N) is 1. The second kappa shape index (κ2) is 14.3. The molecular formula is C36H43N5O3. The summed E-state index contributed by atoms with van der Waals surface area (Å²) in [7, 11) is 0. The van der Waals surface area contributed by atoms with Gasteiger partial charge in [-0.3, -0.25) is 28.9 Å². The van der Waals surface area contributed by atoms with Gasteiger partial charge < -0.3 is 10.1 Å². The number of nitrogens with zero attached hydrogens (tertiary/aromatic N) is 4. The smallest absolute Gasteiger partial charge is 0.263 e. The minimum absolute atomic E-state index is 0.0994. The van der Waals surface area contributed by atoms with Crippen LogP contribution in [0.15, 0.2) is 89.7 Å². The van der Waals surface area contributed by atoms with Gasteiger partial charge in [-0.15, -0.1) is 0 Å². The highest BCUT2D eigenvalue weighted by Gasteiger charge is 2.27. The lowest BCUT2D eigenvalue weighted by Gasteiger charge is -2.37. The van der Waals surface area contributed by atoms with Crippen molar-refractivity contribution in [3.63, 3.8) is 0 Å². The molecule has 0 radical (unpaired) electrons. The maximum atomic E-state index is 14.4. The summed E-state index contributed by atoms with van der Waals surface area (Å²) >= 11 is 0. The maximum Gasteiger partial charge on any atom is 0.263 e. The number of benzene rings is 3. The molecule has 1 N–H and O–H groups in total. The summed E-state index contributed by atoms with van der Waals surface area (Å²) in [6, 6.07) is 27.2. The molecule has 8 heteroatoms. The van der Waals surface area contributed by atoms with Crippen LogP contribution in [0.5, 0.6) is 0 Å². The van der Waals surface area contributed by atoms with Crippen molar-refractivity contribution in [2.75, 3.05) is 65.6 Å². The topological polar surface area (TPSA) is 70.1 Å². The Morgan fingerprint density at radius 1 is 0.750 bits per heavy atom. The van der Waals surface area contributed by atoms with E-state index in [1.807, 2.05) is 72.8 Å². The average molecular weight is 594 g/mol. The molecule has 0 bridgehead atoms. The highest BCUT2D eigenvalue weighted by Crippen LogP contribution is 2.26. The van der Waals surface area contributed by atoms with E-state index >= 15 is 0 Å². The zero-order valence-corrected chi connectivity index (χ0v) is 25.7. The number of hydrogen-bond acceptors (Lipinski definition) is 6. The van der Waals surface area contributed by atoms with E-state index < -0.39 is 0 Å². The lowest BCUT2D eigenvalue weighted by Crippen LogP contribution is -2.49. The van der Waals surface area contributed by atoms with Crippen LogP contribution >= 0.6 is 0 Å². The average Bonchev–Trinajstić information content (AvgIpc) is 3.08. The summed E-state index contributed by atoms with van der Waals surface area (Å²) in [6.07, 6.45) is 0.758. The maximum absolute atomic E-state index is 14.4. The molecule has 2 fully saturated rings. The molecule has 4 aromatic rings. The fourth-order valence-corrected chi connectivity index (χ4v) is 6.48. The molecule has 230 valence electrons. The Bertz CT molecular complexity index is 1590. The number of rotatable bonds is 10. The summed E-state index contributed by atoms with van der Waals surface area (Å²) in [4.78, 5) is 35.9. The van der Waals surface area contributed by atoms with Crippen LogP contribution in [-0.4, -0.2) is 90.7 Å².